The van der Waals surface area contributed by atoms with Crippen molar-refractivity contribution in [3.8, 4) is 5.88 Å². The predicted octanol–water partition coefficient (Wildman–Crippen LogP) is 2.94. The molecule has 2 aromatic carbocycles. The summed E-state index contributed by atoms with van der Waals surface area (Å²) in [5, 5.41) is 3.60. The third kappa shape index (κ3) is 3.38. The van der Waals surface area contributed by atoms with Gasteiger partial charge >= 0.3 is 0 Å². The van der Waals surface area contributed by atoms with Gasteiger partial charge in [0.1, 0.15) is 6.33 Å². The summed E-state index contributed by atoms with van der Waals surface area (Å²) < 4.78 is 5.60. The number of amides is 2. The summed E-state index contributed by atoms with van der Waals surface area (Å²) in [7, 11) is 0. The zero-order valence-electron chi connectivity index (χ0n) is 15.7. The third-order valence-corrected chi connectivity index (χ3v) is 4.76. The largest absolute Gasteiger partial charge is 0.467 e. The van der Waals surface area contributed by atoms with Crippen LogP contribution in [0, 0.1) is 0 Å². The van der Waals surface area contributed by atoms with Gasteiger partial charge in [0.15, 0.2) is 6.61 Å². The van der Waals surface area contributed by atoms with Crippen LogP contribution in [0.3, 0.4) is 0 Å². The predicted molar refractivity (Wildman–Crippen MR) is 106 cm³/mol. The fourth-order valence-electron chi connectivity index (χ4n) is 3.61. The van der Waals surface area contributed by atoms with Gasteiger partial charge in [-0.15, -0.1) is 0 Å². The lowest BCUT2D eigenvalue weighted by atomic mass is 10.1. The molecule has 7 nitrogen and oxygen atoms in total. The number of fused-ring (bicyclic) bond motifs is 2. The van der Waals surface area contributed by atoms with Crippen LogP contribution in [0.1, 0.15) is 19.4 Å². The quantitative estimate of drug-likeness (QED) is 0.757. The molecule has 7 heteroatoms. The number of hydrogen-bond acceptors (Lipinski definition) is 5. The summed E-state index contributed by atoms with van der Waals surface area (Å²) >= 11 is 0. The lowest BCUT2D eigenvalue weighted by Gasteiger charge is -2.20. The van der Waals surface area contributed by atoms with Crippen LogP contribution >= 0.6 is 0 Å². The zero-order chi connectivity index (χ0) is 19.7. The second-order valence-corrected chi connectivity index (χ2v) is 6.82. The van der Waals surface area contributed by atoms with Crippen molar-refractivity contribution in [2.24, 2.45) is 0 Å². The van der Waals surface area contributed by atoms with Crippen molar-refractivity contribution in [2.45, 2.75) is 26.3 Å². The number of carbonyl (C=O) groups is 2. The van der Waals surface area contributed by atoms with Gasteiger partial charge in [-0.25, -0.2) is 9.97 Å². The Morgan fingerprint density at radius 1 is 1.21 bits per heavy atom. The van der Waals surface area contributed by atoms with Crippen molar-refractivity contribution in [3.63, 3.8) is 0 Å². The van der Waals surface area contributed by atoms with E-state index in [9.17, 15) is 9.59 Å². The Morgan fingerprint density at radius 3 is 2.86 bits per heavy atom. The van der Waals surface area contributed by atoms with Gasteiger partial charge in [0, 0.05) is 24.3 Å². The van der Waals surface area contributed by atoms with E-state index in [4.69, 9.17) is 4.74 Å². The highest BCUT2D eigenvalue weighted by Crippen LogP contribution is 2.34. The molecule has 1 aliphatic heterocycles. The highest BCUT2D eigenvalue weighted by atomic mass is 16.5. The average Bonchev–Trinajstić information content (AvgIpc) is 3.01. The first kappa shape index (κ1) is 17.9. The van der Waals surface area contributed by atoms with Crippen LogP contribution in [0.15, 0.2) is 48.8 Å². The minimum Gasteiger partial charge on any atom is -0.467 e. The fourth-order valence-corrected chi connectivity index (χ4v) is 3.61. The van der Waals surface area contributed by atoms with Crippen LogP contribution in [-0.2, 0) is 16.0 Å². The Bertz CT molecular complexity index is 1060. The number of ether oxygens (including phenoxy) is 1. The minimum atomic E-state index is -0.280. The average molecular weight is 376 g/mol. The van der Waals surface area contributed by atoms with Crippen LogP contribution in [0.4, 0.5) is 11.4 Å². The van der Waals surface area contributed by atoms with Gasteiger partial charge in [-0.2, -0.15) is 0 Å². The zero-order valence-corrected chi connectivity index (χ0v) is 15.7. The molecule has 142 valence electrons. The molecule has 2 amide bonds. The standard InChI is InChI=1S/C21H20N4O3/c1-13-9-15-10-16(7-8-19(15)25(13)14(2)26)24-20(27)11-28-21-17-5-3-4-6-18(17)22-12-23-21/h3-8,10,12-13H,9,11H2,1-2H3,(H,24,27). The normalized spacial score (nSPS) is 15.4. The molecule has 0 fully saturated rings. The van der Waals surface area contributed by atoms with E-state index < -0.39 is 0 Å². The molecule has 28 heavy (non-hydrogen) atoms. The first-order valence-electron chi connectivity index (χ1n) is 9.08. The van der Waals surface area contributed by atoms with Crippen molar-refractivity contribution < 1.29 is 14.3 Å². The second kappa shape index (κ2) is 7.26. The van der Waals surface area contributed by atoms with E-state index in [-0.39, 0.29) is 24.5 Å². The summed E-state index contributed by atoms with van der Waals surface area (Å²) in [6.07, 6.45) is 2.18. The van der Waals surface area contributed by atoms with E-state index in [0.717, 1.165) is 28.6 Å². The van der Waals surface area contributed by atoms with Gasteiger partial charge in [0.05, 0.1) is 10.9 Å². The van der Waals surface area contributed by atoms with E-state index in [1.54, 1.807) is 17.9 Å². The van der Waals surface area contributed by atoms with E-state index in [0.29, 0.717) is 11.6 Å². The molecule has 2 heterocycles. The molecule has 0 saturated carbocycles. The number of anilines is 2. The fraction of sp³-hybridized carbons (Fsp3) is 0.238. The van der Waals surface area contributed by atoms with Gasteiger partial charge < -0.3 is 15.0 Å². The Morgan fingerprint density at radius 2 is 2.04 bits per heavy atom. The van der Waals surface area contributed by atoms with E-state index in [1.807, 2.05) is 43.3 Å². The minimum absolute atomic E-state index is 0.0218. The van der Waals surface area contributed by atoms with Crippen molar-refractivity contribution in [1.29, 1.82) is 0 Å². The molecule has 3 aromatic rings. The number of para-hydroxylation sites is 1. The summed E-state index contributed by atoms with van der Waals surface area (Å²) in [6.45, 7) is 3.42. The molecule has 0 spiro atoms. The first-order valence-corrected chi connectivity index (χ1v) is 9.08. The number of hydrogen-bond donors (Lipinski definition) is 1. The molecule has 1 aromatic heterocycles. The monoisotopic (exact) mass is 376 g/mol. The number of nitrogens with one attached hydrogen (secondary N) is 1. The summed E-state index contributed by atoms with van der Waals surface area (Å²) in [4.78, 5) is 34.2. The molecule has 0 radical (unpaired) electrons. The highest BCUT2D eigenvalue weighted by Gasteiger charge is 2.28. The van der Waals surface area contributed by atoms with Gasteiger partial charge in [-0.1, -0.05) is 12.1 Å². The van der Waals surface area contributed by atoms with E-state index >= 15 is 0 Å². The smallest absolute Gasteiger partial charge is 0.262 e. The number of aromatic nitrogens is 2. The lowest BCUT2D eigenvalue weighted by Crippen LogP contribution is -2.33. The Labute approximate surface area is 162 Å². The summed E-state index contributed by atoms with van der Waals surface area (Å²) in [5.41, 5.74) is 3.39. The molecule has 1 N–H and O–H groups in total. The molecule has 1 atom stereocenters. The summed E-state index contributed by atoms with van der Waals surface area (Å²) in [5.74, 6) is 0.117. The summed E-state index contributed by atoms with van der Waals surface area (Å²) in [6, 6.07) is 13.2. The maximum absolute atomic E-state index is 12.3. The van der Waals surface area contributed by atoms with Crippen LogP contribution in [0.2, 0.25) is 0 Å². The number of nitrogens with zero attached hydrogens (tertiary/aromatic N) is 3. The van der Waals surface area contributed by atoms with Crippen molar-refractivity contribution in [1.82, 2.24) is 9.97 Å². The molecule has 0 bridgehead atoms. The molecule has 1 unspecified atom stereocenters. The second-order valence-electron chi connectivity index (χ2n) is 6.82. The molecule has 0 aliphatic carbocycles. The van der Waals surface area contributed by atoms with Crippen molar-refractivity contribution in [2.75, 3.05) is 16.8 Å². The van der Waals surface area contributed by atoms with Gasteiger partial charge in [-0.05, 0) is 49.2 Å². The molecule has 4 rings (SSSR count). The van der Waals surface area contributed by atoms with Crippen molar-refractivity contribution >= 4 is 34.1 Å². The topological polar surface area (TPSA) is 84.4 Å². The maximum atomic E-state index is 12.3. The third-order valence-electron chi connectivity index (χ3n) is 4.76. The van der Waals surface area contributed by atoms with Gasteiger partial charge in [-0.3, -0.25) is 9.59 Å². The van der Waals surface area contributed by atoms with E-state index in [1.165, 1.54) is 6.33 Å². The van der Waals surface area contributed by atoms with Crippen LogP contribution in [0.25, 0.3) is 10.9 Å². The van der Waals surface area contributed by atoms with Gasteiger partial charge in [0.25, 0.3) is 5.91 Å². The molecular weight excluding hydrogens is 356 g/mol. The number of carbonyl (C=O) groups excluding carboxylic acids is 2. The Kier molecular flexibility index (Phi) is 4.65. The Hall–Kier alpha value is -3.48. The van der Waals surface area contributed by atoms with Crippen LogP contribution < -0.4 is 15.0 Å². The molecular formula is C21H20N4O3. The van der Waals surface area contributed by atoms with Crippen LogP contribution in [-0.4, -0.2) is 34.4 Å². The SMILES string of the molecule is CC(=O)N1c2ccc(NC(=O)COc3ncnc4ccccc34)cc2CC1C. The Balaban J connectivity index is 1.43. The van der Waals surface area contributed by atoms with E-state index in [2.05, 4.69) is 15.3 Å². The number of rotatable bonds is 4. The van der Waals surface area contributed by atoms with Crippen LogP contribution in [0.5, 0.6) is 5.88 Å². The highest BCUT2D eigenvalue weighted by molar-refractivity contribution is 5.96. The molecule has 0 saturated heterocycles. The maximum Gasteiger partial charge on any atom is 0.262 e. The number of benzene rings is 2. The van der Waals surface area contributed by atoms with Gasteiger partial charge in [0.2, 0.25) is 11.8 Å². The molecule has 1 aliphatic rings. The first-order chi connectivity index (χ1) is 13.5. The lowest BCUT2D eigenvalue weighted by molar-refractivity contribution is -0.118. The van der Waals surface area contributed by atoms with Crippen molar-refractivity contribution in [3.05, 3.63) is 54.4 Å².